The SMILES string of the molecule is CCCCCCCCCCCC.CCCCCCCCCCCC.CCCCCCCCCCCC.CCCCCCCCCCCC.CCCCCCCCCCCC.CCCCCCCCCCCC.CCCCCCCCCCCC.CCOC(C)=O.CCOC(C)=O.CCOC(C)=O. The molecule has 0 radical (unpaired) electrons. The Kier molecular flexibility index (Phi) is 165. The highest BCUT2D eigenvalue weighted by molar-refractivity contribution is 5.66. The fourth-order valence-electron chi connectivity index (χ4n) is 11.5. The van der Waals surface area contributed by atoms with Crippen molar-refractivity contribution in [2.45, 2.75) is 588 Å². The highest BCUT2D eigenvalue weighted by Gasteiger charge is 1.97. The molecule has 0 saturated carbocycles. The van der Waals surface area contributed by atoms with Gasteiger partial charge in [-0.2, -0.15) is 0 Å². The summed E-state index contributed by atoms with van der Waals surface area (Å²) in [6, 6.07) is 0. The molecule has 0 spiro atoms. The van der Waals surface area contributed by atoms with E-state index in [0.717, 1.165) is 0 Å². The highest BCUT2D eigenvalue weighted by atomic mass is 16.5. The number of ether oxygens (including phenoxy) is 3. The van der Waals surface area contributed by atoms with Gasteiger partial charge in [0, 0.05) is 20.8 Å². The van der Waals surface area contributed by atoms with Gasteiger partial charge in [0.25, 0.3) is 0 Å². The van der Waals surface area contributed by atoms with Crippen LogP contribution in [0.25, 0.3) is 0 Å². The Balaban J connectivity index is -0.000000116. The molecule has 0 aliphatic carbocycles. The van der Waals surface area contributed by atoms with Crippen LogP contribution in [0.15, 0.2) is 0 Å². The highest BCUT2D eigenvalue weighted by Crippen LogP contribution is 2.16. The van der Waals surface area contributed by atoms with E-state index >= 15 is 0 Å². The lowest BCUT2D eigenvalue weighted by Gasteiger charge is -1.99. The van der Waals surface area contributed by atoms with Crippen molar-refractivity contribution in [1.82, 2.24) is 0 Å². The molecule has 0 unspecified atom stereocenters. The molecular weight excluding hydrogens is 1250 g/mol. The minimum atomic E-state index is -0.211. The first kappa shape index (κ1) is 121. The van der Waals surface area contributed by atoms with Gasteiger partial charge >= 0.3 is 17.9 Å². The summed E-state index contributed by atoms with van der Waals surface area (Å²) in [5.74, 6) is -0.632. The second kappa shape index (κ2) is 138. The Hall–Kier alpha value is -1.59. The number of hydrogen-bond acceptors (Lipinski definition) is 6. The van der Waals surface area contributed by atoms with Crippen LogP contribution in [0, 0.1) is 0 Å². The van der Waals surface area contributed by atoms with Crippen LogP contribution < -0.4 is 0 Å². The quantitative estimate of drug-likeness (QED) is 0.0343. The Labute approximate surface area is 650 Å². The molecule has 0 aromatic rings. The first-order valence-corrected chi connectivity index (χ1v) is 47.1. The molecule has 0 aromatic heterocycles. The molecule has 0 fully saturated rings. The van der Waals surface area contributed by atoms with E-state index in [-0.39, 0.29) is 17.9 Å². The van der Waals surface area contributed by atoms with E-state index in [1.807, 2.05) is 0 Å². The molecule has 626 valence electrons. The maximum Gasteiger partial charge on any atom is 0.302 e. The van der Waals surface area contributed by atoms with Crippen molar-refractivity contribution in [3.05, 3.63) is 0 Å². The van der Waals surface area contributed by atoms with E-state index < -0.39 is 0 Å². The van der Waals surface area contributed by atoms with E-state index in [4.69, 9.17) is 0 Å². The molecule has 0 amide bonds. The van der Waals surface area contributed by atoms with Crippen LogP contribution in [0.2, 0.25) is 0 Å². The van der Waals surface area contributed by atoms with Crippen molar-refractivity contribution in [3.8, 4) is 0 Å². The Bertz CT molecular complexity index is 949. The summed E-state index contributed by atoms with van der Waals surface area (Å²) in [7, 11) is 0. The number of esters is 3. The fraction of sp³-hybridized carbons (Fsp3) is 0.969. The Morgan fingerprint density at radius 1 is 0.127 bits per heavy atom. The van der Waals surface area contributed by atoms with Gasteiger partial charge in [-0.1, -0.05) is 546 Å². The van der Waals surface area contributed by atoms with E-state index in [1.165, 1.54) is 470 Å². The van der Waals surface area contributed by atoms with E-state index in [9.17, 15) is 14.4 Å². The van der Waals surface area contributed by atoms with Crippen LogP contribution in [0.5, 0.6) is 0 Å². The van der Waals surface area contributed by atoms with Crippen molar-refractivity contribution in [2.24, 2.45) is 0 Å². The average Bonchev–Trinajstić information content (AvgIpc) is 3.71. The smallest absolute Gasteiger partial charge is 0.302 e. The zero-order chi connectivity index (χ0) is 78.5. The minimum Gasteiger partial charge on any atom is -0.466 e. The normalized spacial score (nSPS) is 10.0. The number of hydrogen-bond donors (Lipinski definition) is 0. The van der Waals surface area contributed by atoms with E-state index in [2.05, 4.69) is 111 Å². The topological polar surface area (TPSA) is 78.9 Å². The predicted octanol–water partition coefficient (Wildman–Crippen LogP) is 36.2. The van der Waals surface area contributed by atoms with E-state index in [1.54, 1.807) is 20.8 Å². The molecule has 0 atom stereocenters. The number of unbranched alkanes of at least 4 members (excludes halogenated alkanes) is 63. The van der Waals surface area contributed by atoms with Crippen molar-refractivity contribution < 1.29 is 28.6 Å². The summed E-state index contributed by atoms with van der Waals surface area (Å²) >= 11 is 0. The molecule has 0 aromatic carbocycles. The molecule has 0 bridgehead atoms. The molecule has 102 heavy (non-hydrogen) atoms. The average molecular weight is 1460 g/mol. The van der Waals surface area contributed by atoms with Crippen LogP contribution in [-0.4, -0.2) is 37.7 Å². The summed E-state index contributed by atoms with van der Waals surface area (Å²) in [6.07, 6.45) is 101. The predicted molar refractivity (Wildman–Crippen MR) is 470 cm³/mol. The van der Waals surface area contributed by atoms with Gasteiger partial charge in [0.1, 0.15) is 0 Å². The number of carbonyl (C=O) groups is 3. The molecule has 0 aliphatic heterocycles. The first-order valence-electron chi connectivity index (χ1n) is 47.1. The van der Waals surface area contributed by atoms with Gasteiger partial charge in [-0.3, -0.25) is 14.4 Å². The number of rotatable bonds is 66. The molecule has 6 heteroatoms. The molecule has 0 heterocycles. The fourth-order valence-corrected chi connectivity index (χ4v) is 11.5. The third-order valence-electron chi connectivity index (χ3n) is 18.2. The number of carbonyl (C=O) groups excluding carboxylic acids is 3. The maximum absolute atomic E-state index is 9.82. The summed E-state index contributed by atoms with van der Waals surface area (Å²) < 4.78 is 13.2. The lowest BCUT2D eigenvalue weighted by Crippen LogP contribution is -1.95. The van der Waals surface area contributed by atoms with Gasteiger partial charge in [-0.15, -0.1) is 0 Å². The third-order valence-corrected chi connectivity index (χ3v) is 18.2. The lowest BCUT2D eigenvalue weighted by atomic mass is 10.1. The largest absolute Gasteiger partial charge is 0.466 e. The minimum absolute atomic E-state index is 0.211. The van der Waals surface area contributed by atoms with Gasteiger partial charge < -0.3 is 14.2 Å². The summed E-state index contributed by atoms with van der Waals surface area (Å²) in [4.78, 5) is 29.5. The van der Waals surface area contributed by atoms with Gasteiger partial charge in [-0.05, 0) is 20.8 Å². The molecule has 0 saturated heterocycles. The maximum atomic E-state index is 9.82. The van der Waals surface area contributed by atoms with Crippen LogP contribution in [0.1, 0.15) is 588 Å². The molecule has 0 aliphatic rings. The van der Waals surface area contributed by atoms with Crippen molar-refractivity contribution >= 4 is 17.9 Å². The van der Waals surface area contributed by atoms with Crippen molar-refractivity contribution in [3.63, 3.8) is 0 Å². The third kappa shape index (κ3) is 188. The molecule has 6 nitrogen and oxygen atoms in total. The molecular formula is C96H206O6. The van der Waals surface area contributed by atoms with Gasteiger partial charge in [0.15, 0.2) is 0 Å². The second-order valence-corrected chi connectivity index (χ2v) is 29.6. The molecule has 0 rings (SSSR count). The summed E-state index contributed by atoms with van der Waals surface area (Å²) in [5, 5.41) is 0. The van der Waals surface area contributed by atoms with Crippen LogP contribution >= 0.6 is 0 Å². The van der Waals surface area contributed by atoms with Crippen molar-refractivity contribution in [1.29, 1.82) is 0 Å². The standard InChI is InChI=1S/7C12H26.3C4H8O2/c7*1-3-5-7-9-11-12-10-8-6-4-2;3*1-3-6-4(2)5/h7*3-12H2,1-2H3;3*3H2,1-2H3. The zero-order valence-electron chi connectivity index (χ0n) is 75.6. The Morgan fingerprint density at radius 2 is 0.186 bits per heavy atom. The van der Waals surface area contributed by atoms with Crippen LogP contribution in [0.3, 0.4) is 0 Å². The zero-order valence-corrected chi connectivity index (χ0v) is 75.6. The monoisotopic (exact) mass is 1460 g/mol. The van der Waals surface area contributed by atoms with Crippen LogP contribution in [-0.2, 0) is 28.6 Å². The van der Waals surface area contributed by atoms with Gasteiger partial charge in [0.05, 0.1) is 19.8 Å². The van der Waals surface area contributed by atoms with Crippen molar-refractivity contribution in [2.75, 3.05) is 19.8 Å². The molecule has 0 N–H and O–H groups in total. The van der Waals surface area contributed by atoms with Crippen LogP contribution in [0.4, 0.5) is 0 Å². The summed E-state index contributed by atoms with van der Waals surface area (Å²) in [6.45, 7) is 42.9. The van der Waals surface area contributed by atoms with E-state index in [0.29, 0.717) is 19.8 Å². The first-order chi connectivity index (χ1) is 49.7. The lowest BCUT2D eigenvalue weighted by molar-refractivity contribution is -0.141. The summed E-state index contributed by atoms with van der Waals surface area (Å²) in [5.41, 5.74) is 0. The Morgan fingerprint density at radius 3 is 0.216 bits per heavy atom. The second-order valence-electron chi connectivity index (χ2n) is 29.6. The van der Waals surface area contributed by atoms with Gasteiger partial charge in [-0.25, -0.2) is 0 Å². The van der Waals surface area contributed by atoms with Gasteiger partial charge in [0.2, 0.25) is 0 Å².